The van der Waals surface area contributed by atoms with Gasteiger partial charge in [-0.25, -0.2) is 0 Å². The van der Waals surface area contributed by atoms with E-state index in [-0.39, 0.29) is 12.4 Å². The molecule has 2 heteroatoms. The van der Waals surface area contributed by atoms with Crippen LogP contribution >= 0.6 is 12.4 Å². The number of ketones is 1. The smallest absolute Gasteiger partial charge is 0.133 e. The largest absolute Gasteiger partial charge is 0.300 e. The first kappa shape index (κ1) is 17.5. The minimum Gasteiger partial charge on any atom is -0.300 e. The van der Waals surface area contributed by atoms with Crippen molar-refractivity contribution in [2.24, 2.45) is 40.4 Å². The number of Topliss-reactive ketones (excluding diaryl/α,β-unsaturated/α-hetero) is 1. The number of allylic oxidation sites excluding steroid dienone is 2. The lowest BCUT2D eigenvalue weighted by atomic mass is 9.45. The lowest BCUT2D eigenvalue weighted by molar-refractivity contribution is -0.131. The monoisotopic (exact) mass is 336 g/mol. The van der Waals surface area contributed by atoms with E-state index in [0.717, 1.165) is 23.7 Å². The van der Waals surface area contributed by atoms with E-state index in [9.17, 15) is 4.79 Å². The predicted octanol–water partition coefficient (Wildman–Crippen LogP) is 5.82. The van der Waals surface area contributed by atoms with Crippen molar-refractivity contribution in [2.75, 3.05) is 0 Å². The summed E-state index contributed by atoms with van der Waals surface area (Å²) in [5, 5.41) is 0. The van der Waals surface area contributed by atoms with Crippen molar-refractivity contribution in [3.63, 3.8) is 0 Å². The second kappa shape index (κ2) is 5.90. The van der Waals surface area contributed by atoms with Crippen molar-refractivity contribution in [1.29, 1.82) is 0 Å². The van der Waals surface area contributed by atoms with E-state index in [4.69, 9.17) is 0 Å². The van der Waals surface area contributed by atoms with Crippen LogP contribution in [0.2, 0.25) is 0 Å². The van der Waals surface area contributed by atoms with Crippen molar-refractivity contribution in [1.82, 2.24) is 0 Å². The average Bonchev–Trinajstić information content (AvgIpc) is 2.84. The maximum Gasteiger partial charge on any atom is 0.133 e. The van der Waals surface area contributed by atoms with Crippen LogP contribution in [0.15, 0.2) is 12.2 Å². The summed E-state index contributed by atoms with van der Waals surface area (Å²) in [6.45, 7) is 6.90. The van der Waals surface area contributed by atoms with Gasteiger partial charge in [-0.2, -0.15) is 0 Å². The van der Waals surface area contributed by atoms with Crippen LogP contribution in [0.5, 0.6) is 0 Å². The Morgan fingerprint density at radius 1 is 0.957 bits per heavy atom. The Labute approximate surface area is 148 Å². The minimum atomic E-state index is 0. The molecule has 0 amide bonds. The van der Waals surface area contributed by atoms with Crippen LogP contribution in [-0.2, 0) is 4.79 Å². The van der Waals surface area contributed by atoms with Crippen LogP contribution in [-0.4, -0.2) is 5.78 Å². The molecule has 0 aliphatic heterocycles. The molecule has 0 radical (unpaired) electrons. The summed E-state index contributed by atoms with van der Waals surface area (Å²) < 4.78 is 0. The Morgan fingerprint density at radius 3 is 2.43 bits per heavy atom. The molecule has 3 saturated carbocycles. The summed E-state index contributed by atoms with van der Waals surface area (Å²) in [5.74, 6) is 4.38. The highest BCUT2D eigenvalue weighted by Crippen LogP contribution is 2.66. The Balaban J connectivity index is 0.00000156. The predicted molar refractivity (Wildman–Crippen MR) is 97.7 cm³/mol. The molecule has 0 bridgehead atoms. The van der Waals surface area contributed by atoms with E-state index in [0.29, 0.717) is 22.5 Å². The SMILES string of the molecule is CC(=O)[C@H]1CC[C@H]2[C@@H]3CCC4CC=CC[C@]4(C)[C@H]3CC[C@]12C.Cl. The summed E-state index contributed by atoms with van der Waals surface area (Å²) in [5.41, 5.74) is 0.869. The van der Waals surface area contributed by atoms with Crippen LogP contribution in [0.25, 0.3) is 0 Å². The number of hydrogen-bond acceptors (Lipinski definition) is 1. The quantitative estimate of drug-likeness (QED) is 0.551. The van der Waals surface area contributed by atoms with Crippen molar-refractivity contribution < 1.29 is 4.79 Å². The van der Waals surface area contributed by atoms with Crippen LogP contribution in [0.1, 0.15) is 72.1 Å². The van der Waals surface area contributed by atoms with E-state index in [1.807, 2.05) is 6.92 Å². The molecule has 4 aliphatic carbocycles. The molecule has 0 spiro atoms. The van der Waals surface area contributed by atoms with Crippen LogP contribution in [0.4, 0.5) is 0 Å². The number of carbonyl (C=O) groups excluding carboxylic acids is 1. The highest BCUT2D eigenvalue weighted by molar-refractivity contribution is 5.85. The fraction of sp³-hybridized carbons (Fsp3) is 0.857. The van der Waals surface area contributed by atoms with E-state index in [1.165, 1.54) is 51.4 Å². The molecule has 0 aromatic rings. The van der Waals surface area contributed by atoms with Crippen LogP contribution in [0.3, 0.4) is 0 Å². The number of fused-ring (bicyclic) bond motifs is 5. The molecule has 0 heterocycles. The Kier molecular flexibility index (Phi) is 4.49. The molecule has 3 fully saturated rings. The first-order valence-electron chi connectivity index (χ1n) is 9.62. The standard InChI is InChI=1S/C21H32O.ClH/c1-14(22)17-9-10-18-16-8-7-15-6-4-5-12-20(15,2)19(16)11-13-21(17,18)3;/h4-5,15-19H,6-13H2,1-3H3;1H/t15?,16-,17+,18-,19-,20-,21+;/m0./s1. The highest BCUT2D eigenvalue weighted by atomic mass is 35.5. The van der Waals surface area contributed by atoms with Gasteiger partial charge in [0.1, 0.15) is 5.78 Å². The van der Waals surface area contributed by atoms with Gasteiger partial charge in [0.2, 0.25) is 0 Å². The summed E-state index contributed by atoms with van der Waals surface area (Å²) in [6, 6.07) is 0. The third-order valence-electron chi connectivity index (χ3n) is 8.70. The molecule has 23 heavy (non-hydrogen) atoms. The first-order valence-corrected chi connectivity index (χ1v) is 9.62. The molecule has 4 rings (SSSR count). The number of hydrogen-bond donors (Lipinski definition) is 0. The molecule has 0 N–H and O–H groups in total. The van der Waals surface area contributed by atoms with Gasteiger partial charge in [0.15, 0.2) is 0 Å². The zero-order valence-corrected chi connectivity index (χ0v) is 15.8. The topological polar surface area (TPSA) is 17.1 Å². The molecule has 130 valence electrons. The molecule has 4 aliphatic rings. The van der Waals surface area contributed by atoms with E-state index < -0.39 is 0 Å². The van der Waals surface area contributed by atoms with Gasteiger partial charge in [-0.1, -0.05) is 26.0 Å². The lowest BCUT2D eigenvalue weighted by Gasteiger charge is -2.59. The van der Waals surface area contributed by atoms with E-state index in [2.05, 4.69) is 26.0 Å². The third-order valence-corrected chi connectivity index (χ3v) is 8.70. The fourth-order valence-corrected chi connectivity index (χ4v) is 7.51. The molecule has 0 aromatic carbocycles. The van der Waals surface area contributed by atoms with Crippen molar-refractivity contribution in [3.05, 3.63) is 12.2 Å². The number of halogens is 1. The third kappa shape index (κ3) is 2.36. The summed E-state index contributed by atoms with van der Waals surface area (Å²) in [7, 11) is 0. The lowest BCUT2D eigenvalue weighted by Crippen LogP contribution is -2.52. The Morgan fingerprint density at radius 2 is 1.70 bits per heavy atom. The summed E-state index contributed by atoms with van der Waals surface area (Å²) >= 11 is 0. The van der Waals surface area contributed by atoms with E-state index >= 15 is 0 Å². The van der Waals surface area contributed by atoms with Gasteiger partial charge in [-0.15, -0.1) is 12.4 Å². The molecule has 0 saturated heterocycles. The fourth-order valence-electron chi connectivity index (χ4n) is 7.51. The Bertz CT molecular complexity index is 512. The highest BCUT2D eigenvalue weighted by Gasteiger charge is 2.59. The Hall–Kier alpha value is -0.300. The van der Waals surface area contributed by atoms with Gasteiger partial charge in [0.25, 0.3) is 0 Å². The second-order valence-corrected chi connectivity index (χ2v) is 9.35. The van der Waals surface area contributed by atoms with Crippen LogP contribution < -0.4 is 0 Å². The van der Waals surface area contributed by atoms with Crippen molar-refractivity contribution in [2.45, 2.75) is 72.1 Å². The maximum absolute atomic E-state index is 12.1. The first-order chi connectivity index (χ1) is 10.5. The van der Waals surface area contributed by atoms with Crippen LogP contribution in [0, 0.1) is 40.4 Å². The molecule has 0 aromatic heterocycles. The summed E-state index contributed by atoms with van der Waals surface area (Å²) in [4.78, 5) is 12.1. The van der Waals surface area contributed by atoms with Gasteiger partial charge >= 0.3 is 0 Å². The van der Waals surface area contributed by atoms with Gasteiger partial charge in [0, 0.05) is 5.92 Å². The molecule has 7 atom stereocenters. The van der Waals surface area contributed by atoms with Gasteiger partial charge in [-0.3, -0.25) is 4.79 Å². The van der Waals surface area contributed by atoms with E-state index in [1.54, 1.807) is 0 Å². The number of rotatable bonds is 1. The zero-order valence-electron chi connectivity index (χ0n) is 15.0. The minimum absolute atomic E-state index is 0. The van der Waals surface area contributed by atoms with Crippen molar-refractivity contribution in [3.8, 4) is 0 Å². The molecule has 1 unspecified atom stereocenters. The van der Waals surface area contributed by atoms with Gasteiger partial charge in [-0.05, 0) is 92.8 Å². The van der Waals surface area contributed by atoms with Crippen molar-refractivity contribution >= 4 is 18.2 Å². The molecule has 1 nitrogen and oxygen atoms in total. The average molecular weight is 337 g/mol. The van der Waals surface area contributed by atoms with Gasteiger partial charge < -0.3 is 0 Å². The zero-order chi connectivity index (χ0) is 15.5. The number of carbonyl (C=O) groups is 1. The summed E-state index contributed by atoms with van der Waals surface area (Å²) in [6.07, 6.45) is 15.5. The van der Waals surface area contributed by atoms with Gasteiger partial charge in [0.05, 0.1) is 0 Å². The normalized spacial score (nSPS) is 51.2. The maximum atomic E-state index is 12.1. The molecular weight excluding hydrogens is 304 g/mol. The second-order valence-electron chi connectivity index (χ2n) is 9.35. The molecular formula is C21H33ClO.